The second kappa shape index (κ2) is 19.2. The highest BCUT2D eigenvalue weighted by Crippen LogP contribution is 2.63. The van der Waals surface area contributed by atoms with Crippen molar-refractivity contribution in [3.8, 4) is 33.4 Å². The van der Waals surface area contributed by atoms with Crippen LogP contribution in [-0.4, -0.2) is 9.97 Å². The average Bonchev–Trinajstić information content (AvgIpc) is 3.04. The van der Waals surface area contributed by atoms with Gasteiger partial charge in [-0.15, -0.1) is 11.3 Å². The van der Waals surface area contributed by atoms with Crippen LogP contribution in [-0.2, 0) is 5.41 Å². The van der Waals surface area contributed by atoms with Crippen molar-refractivity contribution < 1.29 is 0 Å². The van der Waals surface area contributed by atoms with Gasteiger partial charge in [0.1, 0.15) is 0 Å². The second-order valence-electron chi connectivity index (χ2n) is 21.0. The smallest absolute Gasteiger partial charge is 0.0780 e. The number of pyridine rings is 2. The van der Waals surface area contributed by atoms with E-state index in [1.54, 1.807) is 0 Å². The first-order chi connectivity index (χ1) is 39.5. The largest absolute Gasteiger partial charge is 0.310 e. The highest BCUT2D eigenvalue weighted by Gasteiger charge is 2.49. The van der Waals surface area contributed by atoms with Crippen LogP contribution in [0.25, 0.3) is 75.4 Å². The van der Waals surface area contributed by atoms with E-state index in [4.69, 9.17) is 9.97 Å². The topological polar surface area (TPSA) is 32.3 Å². The van der Waals surface area contributed by atoms with Gasteiger partial charge in [-0.3, -0.25) is 9.97 Å². The Labute approximate surface area is 469 Å². The number of anilines is 6. The number of benzene rings is 11. The Balaban J connectivity index is 1.06. The molecule has 80 heavy (non-hydrogen) atoms. The zero-order valence-corrected chi connectivity index (χ0v) is 45.1. The fourth-order valence-electron chi connectivity index (χ4n) is 12.8. The van der Waals surface area contributed by atoms with Gasteiger partial charge in [-0.05, 0) is 138 Å². The van der Waals surface area contributed by atoms with Crippen molar-refractivity contribution in [1.82, 2.24) is 9.97 Å². The SMILES string of the molecule is Cc1ccc(C2(c3cccc(C)c3)c3cc(N(c4ccccc4)c4cccc(-c5cccc6cccnc56)c4)ccc3-c3c2cc2sc4ccccc4c2c3N(c2ccccc2)c2cccc(-c3cccc4cccnc34)c2)cc1. The summed E-state index contributed by atoms with van der Waals surface area (Å²) in [7, 11) is 0. The van der Waals surface area contributed by atoms with Crippen LogP contribution in [0.4, 0.5) is 34.1 Å². The van der Waals surface area contributed by atoms with E-state index < -0.39 is 5.41 Å². The molecule has 0 saturated carbocycles. The summed E-state index contributed by atoms with van der Waals surface area (Å²) in [5.41, 5.74) is 21.8. The van der Waals surface area contributed by atoms with E-state index in [0.717, 1.165) is 78.2 Å². The summed E-state index contributed by atoms with van der Waals surface area (Å²) in [6.45, 7) is 4.42. The van der Waals surface area contributed by atoms with E-state index >= 15 is 0 Å². The van der Waals surface area contributed by atoms with Crippen molar-refractivity contribution in [3.05, 3.63) is 313 Å². The maximum atomic E-state index is 4.94. The third-order valence-electron chi connectivity index (χ3n) is 16.3. The molecular formula is C75H52N4S. The number of aryl methyl sites for hydroxylation is 2. The van der Waals surface area contributed by atoms with Crippen molar-refractivity contribution in [2.75, 3.05) is 9.80 Å². The highest BCUT2D eigenvalue weighted by atomic mass is 32.1. The quantitative estimate of drug-likeness (QED) is 0.137. The Bertz CT molecular complexity index is 4690. The van der Waals surface area contributed by atoms with Crippen molar-refractivity contribution >= 4 is 87.4 Å². The molecule has 1 aliphatic carbocycles. The first-order valence-electron chi connectivity index (χ1n) is 27.4. The van der Waals surface area contributed by atoms with Gasteiger partial charge in [0.15, 0.2) is 0 Å². The van der Waals surface area contributed by atoms with Gasteiger partial charge in [-0.1, -0.05) is 193 Å². The van der Waals surface area contributed by atoms with E-state index in [0.29, 0.717) is 0 Å². The van der Waals surface area contributed by atoms with Crippen molar-refractivity contribution in [3.63, 3.8) is 0 Å². The van der Waals surface area contributed by atoms with Gasteiger partial charge in [0, 0.05) is 88.5 Å². The van der Waals surface area contributed by atoms with Crippen LogP contribution in [0.2, 0.25) is 0 Å². The maximum Gasteiger partial charge on any atom is 0.0780 e. The molecule has 0 saturated heterocycles. The van der Waals surface area contributed by atoms with Crippen LogP contribution >= 0.6 is 11.3 Å². The van der Waals surface area contributed by atoms with Crippen LogP contribution in [0, 0.1) is 13.8 Å². The van der Waals surface area contributed by atoms with Crippen LogP contribution in [0.1, 0.15) is 33.4 Å². The molecule has 378 valence electrons. The molecule has 15 rings (SSSR count). The molecule has 3 aromatic heterocycles. The highest BCUT2D eigenvalue weighted by molar-refractivity contribution is 7.26. The molecule has 11 aromatic carbocycles. The molecule has 4 nitrogen and oxygen atoms in total. The molecule has 0 N–H and O–H groups in total. The first kappa shape index (κ1) is 47.3. The summed E-state index contributed by atoms with van der Waals surface area (Å²) < 4.78 is 2.49. The van der Waals surface area contributed by atoms with Gasteiger partial charge in [0.2, 0.25) is 0 Å². The Morgan fingerprint density at radius 3 is 1.59 bits per heavy atom. The maximum absolute atomic E-state index is 4.94. The van der Waals surface area contributed by atoms with E-state index in [-0.39, 0.29) is 0 Å². The van der Waals surface area contributed by atoms with Gasteiger partial charge < -0.3 is 9.80 Å². The Kier molecular flexibility index (Phi) is 11.4. The fourth-order valence-corrected chi connectivity index (χ4v) is 13.9. The molecule has 1 unspecified atom stereocenters. The molecule has 0 radical (unpaired) electrons. The van der Waals surface area contributed by atoms with Gasteiger partial charge in [0.05, 0.1) is 22.1 Å². The summed E-state index contributed by atoms with van der Waals surface area (Å²) in [5.74, 6) is 0. The van der Waals surface area contributed by atoms with Crippen molar-refractivity contribution in [2.24, 2.45) is 0 Å². The Hall–Kier alpha value is -9.94. The van der Waals surface area contributed by atoms with Crippen molar-refractivity contribution in [2.45, 2.75) is 19.3 Å². The summed E-state index contributed by atoms with van der Waals surface area (Å²) in [6.07, 6.45) is 3.79. The lowest BCUT2D eigenvalue weighted by Gasteiger charge is -2.36. The van der Waals surface area contributed by atoms with Gasteiger partial charge in [-0.2, -0.15) is 0 Å². The number of rotatable bonds is 10. The number of aromatic nitrogens is 2. The molecule has 3 heterocycles. The minimum absolute atomic E-state index is 0.767. The molecule has 5 heteroatoms. The molecule has 0 bridgehead atoms. The normalized spacial score (nSPS) is 13.7. The summed E-state index contributed by atoms with van der Waals surface area (Å²) in [4.78, 5) is 14.8. The number of hydrogen-bond acceptors (Lipinski definition) is 5. The molecule has 0 fully saturated rings. The number of thiophene rings is 1. The van der Waals surface area contributed by atoms with Crippen molar-refractivity contribution in [1.29, 1.82) is 0 Å². The molecule has 1 aliphatic rings. The van der Waals surface area contributed by atoms with Crippen LogP contribution < -0.4 is 9.80 Å². The average molecular weight is 1040 g/mol. The zero-order chi connectivity index (χ0) is 53.3. The van der Waals surface area contributed by atoms with Gasteiger partial charge in [0.25, 0.3) is 0 Å². The number of fused-ring (bicyclic) bond motifs is 8. The van der Waals surface area contributed by atoms with E-state index in [1.807, 2.05) is 35.9 Å². The predicted molar refractivity (Wildman–Crippen MR) is 337 cm³/mol. The minimum Gasteiger partial charge on any atom is -0.310 e. The summed E-state index contributed by atoms with van der Waals surface area (Å²) in [5, 5.41) is 4.70. The third kappa shape index (κ3) is 7.65. The summed E-state index contributed by atoms with van der Waals surface area (Å²) in [6, 6.07) is 98.5. The van der Waals surface area contributed by atoms with Gasteiger partial charge >= 0.3 is 0 Å². The monoisotopic (exact) mass is 1040 g/mol. The Morgan fingerprint density at radius 2 is 0.925 bits per heavy atom. The number of para-hydroxylation sites is 4. The fraction of sp³-hybridized carbons (Fsp3) is 0.0400. The van der Waals surface area contributed by atoms with E-state index in [2.05, 4.69) is 278 Å². The van der Waals surface area contributed by atoms with Gasteiger partial charge in [-0.25, -0.2) is 0 Å². The lowest BCUT2D eigenvalue weighted by atomic mass is 9.67. The lowest BCUT2D eigenvalue weighted by Crippen LogP contribution is -2.29. The summed E-state index contributed by atoms with van der Waals surface area (Å²) >= 11 is 1.88. The van der Waals surface area contributed by atoms with Crippen LogP contribution in [0.15, 0.2) is 279 Å². The minimum atomic E-state index is -0.767. The predicted octanol–water partition coefficient (Wildman–Crippen LogP) is 20.4. The number of hydrogen-bond donors (Lipinski definition) is 0. The van der Waals surface area contributed by atoms with E-state index in [9.17, 15) is 0 Å². The molecule has 14 aromatic rings. The molecule has 1 atom stereocenters. The molecule has 0 spiro atoms. The van der Waals surface area contributed by atoms with Crippen LogP contribution in [0.3, 0.4) is 0 Å². The molecule has 0 amide bonds. The standard InChI is InChI=1S/C75H52N4S/c1-49-36-38-55(39-37-49)75(56-25-11-18-50(2)44-56)66-47-61(78(57-26-5-3-6-27-57)59-30-12-21-53(45-59)62-33-14-19-51-23-16-42-76-72(51)62)40-41-64(66)70-67(75)48-69-71(65-32-9-10-35-68(65)80-69)74(70)79(58-28-7-4-8-29-58)60-31-13-22-54(46-60)63-34-15-20-52-24-17-43-77-73(52)63/h3-48H,1-2H3. The van der Waals surface area contributed by atoms with Crippen LogP contribution in [0.5, 0.6) is 0 Å². The molecule has 0 aliphatic heterocycles. The lowest BCUT2D eigenvalue weighted by molar-refractivity contribution is 0.768. The first-order valence-corrected chi connectivity index (χ1v) is 28.2. The van der Waals surface area contributed by atoms with E-state index in [1.165, 1.54) is 64.7 Å². The second-order valence-corrected chi connectivity index (χ2v) is 22.1. The molecular weight excluding hydrogens is 989 g/mol. The zero-order valence-electron chi connectivity index (χ0n) is 44.3. The Morgan fingerprint density at radius 1 is 0.362 bits per heavy atom. The number of nitrogens with zero attached hydrogens (tertiary/aromatic N) is 4. The third-order valence-corrected chi connectivity index (χ3v) is 17.4.